The van der Waals surface area contributed by atoms with E-state index >= 15 is 0 Å². The number of rotatable bonds is 1. The Bertz CT molecular complexity index is 88.2. The van der Waals surface area contributed by atoms with Gasteiger partial charge in [0.1, 0.15) is 0 Å². The number of hydrogen-bond acceptors (Lipinski definition) is 1. The van der Waals surface area contributed by atoms with Gasteiger partial charge in [0.2, 0.25) is 0 Å². The van der Waals surface area contributed by atoms with Gasteiger partial charge in [0, 0.05) is 0 Å². The third-order valence-electron chi connectivity index (χ3n) is 0.216. The Morgan fingerprint density at radius 3 is 2.50 bits per heavy atom. The Hall–Kier alpha value is -0.720. The molecule has 0 aromatic heterocycles. The topological polar surface area (TPSA) is 29.1 Å². The SMILES string of the molecule is C=C(C)OC#[O+]. The van der Waals surface area contributed by atoms with Crippen molar-refractivity contribution in [3.8, 4) is 6.33 Å². The van der Waals surface area contributed by atoms with Crippen LogP contribution in [0.1, 0.15) is 6.92 Å². The zero-order valence-corrected chi connectivity index (χ0v) is 3.52. The summed E-state index contributed by atoms with van der Waals surface area (Å²) in [5.41, 5.74) is 0. The summed E-state index contributed by atoms with van der Waals surface area (Å²) in [6, 6.07) is 0. The summed E-state index contributed by atoms with van der Waals surface area (Å²) in [7, 11) is 0. The average molecular weight is 85.1 g/mol. The molecule has 0 spiro atoms. The summed E-state index contributed by atoms with van der Waals surface area (Å²) < 4.78 is 13.2. The van der Waals surface area contributed by atoms with E-state index in [1.54, 1.807) is 6.92 Å². The molecule has 2 heteroatoms. The van der Waals surface area contributed by atoms with Gasteiger partial charge in [0.05, 0.1) is 0 Å². The van der Waals surface area contributed by atoms with Crippen LogP contribution in [0.5, 0.6) is 0 Å². The van der Waals surface area contributed by atoms with Crippen LogP contribution in [0.4, 0.5) is 0 Å². The fraction of sp³-hybridized carbons (Fsp3) is 0.250. The molecule has 0 saturated heterocycles. The van der Waals surface area contributed by atoms with Gasteiger partial charge in [-0.05, 0) is 0 Å². The van der Waals surface area contributed by atoms with Gasteiger partial charge in [0.25, 0.3) is 0 Å². The number of hydrogen-bond donors (Lipinski definition) is 0. The second kappa shape index (κ2) is 2.51. The first-order valence-corrected chi connectivity index (χ1v) is 1.47. The van der Waals surface area contributed by atoms with Crippen molar-refractivity contribution in [2.45, 2.75) is 6.92 Å². The van der Waals surface area contributed by atoms with Gasteiger partial charge in [-0.25, -0.2) is 0 Å². The first-order valence-electron chi connectivity index (χ1n) is 1.47. The monoisotopic (exact) mass is 85.0 g/mol. The molecule has 32 valence electrons. The molecule has 0 amide bonds. The van der Waals surface area contributed by atoms with E-state index in [4.69, 9.17) is 0 Å². The van der Waals surface area contributed by atoms with Crippen molar-refractivity contribution in [3.05, 3.63) is 12.3 Å². The molecule has 0 aliphatic heterocycles. The van der Waals surface area contributed by atoms with E-state index < -0.39 is 0 Å². The molecule has 0 N–H and O–H groups in total. The number of allylic oxidation sites excluding steroid dienone is 1. The van der Waals surface area contributed by atoms with E-state index in [-0.39, 0.29) is 0 Å². The Morgan fingerprint density at radius 2 is 2.50 bits per heavy atom. The van der Waals surface area contributed by atoms with E-state index in [2.05, 4.69) is 11.3 Å². The van der Waals surface area contributed by atoms with E-state index in [0.29, 0.717) is 5.76 Å². The molecule has 2 nitrogen and oxygen atoms in total. The minimum absolute atomic E-state index is 0.366. The molecule has 0 aromatic rings. The van der Waals surface area contributed by atoms with Crippen LogP contribution < -0.4 is 0 Å². The van der Waals surface area contributed by atoms with Crippen molar-refractivity contribution in [1.29, 1.82) is 0 Å². The van der Waals surface area contributed by atoms with Gasteiger partial charge in [-0.2, -0.15) is 0 Å². The van der Waals surface area contributed by atoms with E-state index in [1.165, 1.54) is 6.33 Å². The summed E-state index contributed by atoms with van der Waals surface area (Å²) in [5.74, 6) is 0.366. The van der Waals surface area contributed by atoms with Crippen LogP contribution in [0.2, 0.25) is 0 Å². The van der Waals surface area contributed by atoms with Crippen LogP contribution in [-0.2, 0) is 9.39 Å². The molecule has 0 fully saturated rings. The Kier molecular flexibility index (Phi) is 2.21. The summed E-state index contributed by atoms with van der Waals surface area (Å²) in [4.78, 5) is 0. The van der Waals surface area contributed by atoms with Crippen LogP contribution in [-0.4, -0.2) is 0 Å². The fourth-order valence-electron chi connectivity index (χ4n) is 0.0711. The van der Waals surface area contributed by atoms with Gasteiger partial charge in [-0.3, -0.25) is 0 Å². The Morgan fingerprint density at radius 1 is 2.00 bits per heavy atom. The Balaban J connectivity index is 3.13. The summed E-state index contributed by atoms with van der Waals surface area (Å²) in [6.07, 6.45) is 1.22. The molecular formula is C4H5O2+. The minimum atomic E-state index is 0.366. The molecule has 0 unspecified atom stereocenters. The zero-order chi connectivity index (χ0) is 4.99. The average Bonchev–Trinajstić information content (AvgIpc) is 1.35. The van der Waals surface area contributed by atoms with Crippen molar-refractivity contribution in [2.24, 2.45) is 0 Å². The van der Waals surface area contributed by atoms with E-state index in [9.17, 15) is 4.65 Å². The van der Waals surface area contributed by atoms with Crippen molar-refractivity contribution in [3.63, 3.8) is 0 Å². The molecule has 0 aliphatic rings. The second-order valence-corrected chi connectivity index (χ2v) is 0.887. The molecule has 0 atom stereocenters. The third kappa shape index (κ3) is 3.28. The van der Waals surface area contributed by atoms with Gasteiger partial charge in [-0.15, -0.1) is 0 Å². The van der Waals surface area contributed by atoms with Crippen molar-refractivity contribution in [2.75, 3.05) is 0 Å². The van der Waals surface area contributed by atoms with E-state index in [1.807, 2.05) is 0 Å². The fourth-order valence-corrected chi connectivity index (χ4v) is 0.0711. The van der Waals surface area contributed by atoms with Crippen molar-refractivity contribution < 1.29 is 9.39 Å². The number of ether oxygens (including phenoxy) is 1. The normalized spacial score (nSPS) is 6.00. The van der Waals surface area contributed by atoms with Gasteiger partial charge >= 0.3 is 35.0 Å². The third-order valence-corrected chi connectivity index (χ3v) is 0.216. The first kappa shape index (κ1) is 5.28. The van der Waals surface area contributed by atoms with Crippen LogP contribution in [0.3, 0.4) is 0 Å². The zero-order valence-electron chi connectivity index (χ0n) is 3.52. The molecule has 0 heterocycles. The van der Waals surface area contributed by atoms with Crippen molar-refractivity contribution >= 4 is 0 Å². The maximum atomic E-state index is 9.21. The van der Waals surface area contributed by atoms with Gasteiger partial charge in [-0.1, -0.05) is 0 Å². The molecule has 0 aromatic carbocycles. The molecule has 6 heavy (non-hydrogen) atoms. The van der Waals surface area contributed by atoms with E-state index in [0.717, 1.165) is 0 Å². The molecule has 0 rings (SSSR count). The summed E-state index contributed by atoms with van der Waals surface area (Å²) in [5, 5.41) is 0. The molecule has 0 bridgehead atoms. The molecule has 0 saturated carbocycles. The second-order valence-electron chi connectivity index (χ2n) is 0.887. The van der Waals surface area contributed by atoms with Crippen LogP contribution >= 0.6 is 0 Å². The first-order chi connectivity index (χ1) is 2.77. The predicted octanol–water partition coefficient (Wildman–Crippen LogP) is 0.884. The molecule has 0 aliphatic carbocycles. The summed E-state index contributed by atoms with van der Waals surface area (Å²) in [6.45, 7) is 4.83. The van der Waals surface area contributed by atoms with Crippen LogP contribution in [0.25, 0.3) is 0 Å². The van der Waals surface area contributed by atoms with Crippen molar-refractivity contribution in [1.82, 2.24) is 0 Å². The van der Waals surface area contributed by atoms with Gasteiger partial charge < -0.3 is 0 Å². The van der Waals surface area contributed by atoms with Crippen LogP contribution in [0, 0.1) is 6.33 Å². The van der Waals surface area contributed by atoms with Gasteiger partial charge in [0.15, 0.2) is 0 Å². The molecule has 0 radical (unpaired) electrons. The quantitative estimate of drug-likeness (QED) is 0.343. The predicted molar refractivity (Wildman–Crippen MR) is 20.5 cm³/mol. The standard InChI is InChI=1S/C4H5O2/c1-4(2)6-3-5/h1H2,2H3/q+1. The maximum absolute atomic E-state index is 9.21. The summed E-state index contributed by atoms with van der Waals surface area (Å²) >= 11 is 0. The molecular weight excluding hydrogens is 80.0 g/mol. The van der Waals surface area contributed by atoms with Crippen LogP contribution in [0.15, 0.2) is 12.3 Å². The Labute approximate surface area is 36.1 Å².